The van der Waals surface area contributed by atoms with Crippen molar-refractivity contribution in [1.82, 2.24) is 19.9 Å². The molecule has 0 radical (unpaired) electrons. The van der Waals surface area contributed by atoms with Gasteiger partial charge in [0.2, 0.25) is 0 Å². The van der Waals surface area contributed by atoms with E-state index in [1.807, 2.05) is 65.0 Å². The molecule has 1 N–H and O–H groups in total. The Morgan fingerprint density at radius 1 is 1.20 bits per heavy atom. The van der Waals surface area contributed by atoms with E-state index >= 15 is 0 Å². The van der Waals surface area contributed by atoms with Gasteiger partial charge in [0.15, 0.2) is 0 Å². The van der Waals surface area contributed by atoms with Gasteiger partial charge >= 0.3 is 6.09 Å². The zero-order valence-electron chi connectivity index (χ0n) is 18.1. The van der Waals surface area contributed by atoms with Gasteiger partial charge in [0.1, 0.15) is 22.2 Å². The largest absolute Gasteiger partial charge is 0.444 e. The Morgan fingerprint density at radius 2 is 1.97 bits per heavy atom. The molecule has 0 aliphatic carbocycles. The summed E-state index contributed by atoms with van der Waals surface area (Å²) in [5, 5.41) is 4.05. The molecule has 3 aromatic rings. The van der Waals surface area contributed by atoms with Crippen LogP contribution in [0.25, 0.3) is 10.6 Å². The minimum atomic E-state index is -0.539. The topological polar surface area (TPSA) is 80.2 Å². The van der Waals surface area contributed by atoms with Crippen LogP contribution < -0.4 is 5.32 Å². The second kappa shape index (κ2) is 8.79. The number of nitrogens with one attached hydrogen (secondary N) is 1. The number of aryl methyl sites for hydroxylation is 1. The smallest absolute Gasteiger partial charge is 0.410 e. The molecule has 8 heteroatoms. The molecule has 1 atom stereocenters. The van der Waals surface area contributed by atoms with Gasteiger partial charge in [0.05, 0.1) is 16.6 Å². The van der Waals surface area contributed by atoms with E-state index in [0.29, 0.717) is 5.82 Å². The van der Waals surface area contributed by atoms with Gasteiger partial charge < -0.3 is 15.0 Å². The first-order valence-corrected chi connectivity index (χ1v) is 10.5. The maximum Gasteiger partial charge on any atom is 0.410 e. The van der Waals surface area contributed by atoms with E-state index in [0.717, 1.165) is 27.0 Å². The van der Waals surface area contributed by atoms with E-state index in [1.165, 1.54) is 11.3 Å². The normalized spacial score (nSPS) is 12.3. The number of hydrogen-bond acceptors (Lipinski definition) is 7. The summed E-state index contributed by atoms with van der Waals surface area (Å²) in [6.07, 6.45) is 3.18. The zero-order chi connectivity index (χ0) is 21.9. The number of thiazole rings is 1. The highest BCUT2D eigenvalue weighted by Gasteiger charge is 2.25. The maximum absolute atomic E-state index is 12.3. The highest BCUT2D eigenvalue weighted by molar-refractivity contribution is 7.15. The third-order valence-electron chi connectivity index (χ3n) is 4.32. The number of anilines is 2. The number of nitrogens with zero attached hydrogens (tertiary/aromatic N) is 4. The number of aromatic nitrogens is 3. The molecule has 1 amide bonds. The van der Waals surface area contributed by atoms with Gasteiger partial charge in [-0.25, -0.2) is 19.7 Å². The minimum Gasteiger partial charge on any atom is -0.444 e. The van der Waals surface area contributed by atoms with Crippen molar-refractivity contribution in [3.63, 3.8) is 0 Å². The Bertz CT molecular complexity index is 1030. The van der Waals surface area contributed by atoms with Gasteiger partial charge in [-0.3, -0.25) is 0 Å². The van der Waals surface area contributed by atoms with Gasteiger partial charge in [-0.2, -0.15) is 0 Å². The van der Waals surface area contributed by atoms with Crippen molar-refractivity contribution in [2.75, 3.05) is 12.4 Å². The molecule has 0 bridgehead atoms. The monoisotopic (exact) mass is 425 g/mol. The van der Waals surface area contributed by atoms with Gasteiger partial charge in [-0.1, -0.05) is 6.07 Å². The molecule has 0 saturated heterocycles. The summed E-state index contributed by atoms with van der Waals surface area (Å²) in [5.41, 5.74) is 1.39. The first-order valence-electron chi connectivity index (χ1n) is 9.71. The summed E-state index contributed by atoms with van der Waals surface area (Å²) in [6.45, 7) is 9.50. The predicted molar refractivity (Wildman–Crippen MR) is 120 cm³/mol. The quantitative estimate of drug-likeness (QED) is 0.575. The first kappa shape index (κ1) is 21.7. The molecule has 0 unspecified atom stereocenters. The predicted octanol–water partition coefficient (Wildman–Crippen LogP) is 5.58. The van der Waals surface area contributed by atoms with Gasteiger partial charge in [-0.05, 0) is 64.4 Å². The summed E-state index contributed by atoms with van der Waals surface area (Å²) in [7, 11) is 1.72. The average molecular weight is 426 g/mol. The van der Waals surface area contributed by atoms with Crippen LogP contribution in [0.5, 0.6) is 0 Å². The first-order chi connectivity index (χ1) is 14.1. The lowest BCUT2D eigenvalue weighted by molar-refractivity contribution is 0.0233. The van der Waals surface area contributed by atoms with Crippen LogP contribution in [0.2, 0.25) is 0 Å². The van der Waals surface area contributed by atoms with Crippen LogP contribution in [0.15, 0.2) is 42.7 Å². The lowest BCUT2D eigenvalue weighted by Gasteiger charge is -2.27. The summed E-state index contributed by atoms with van der Waals surface area (Å²) in [6, 6.07) is 9.48. The zero-order valence-corrected chi connectivity index (χ0v) is 18.9. The molecule has 0 aliphatic rings. The number of carbonyl (C=O) groups excluding carboxylic acids is 1. The lowest BCUT2D eigenvalue weighted by Crippen LogP contribution is -2.35. The van der Waals surface area contributed by atoms with Crippen molar-refractivity contribution in [3.8, 4) is 10.6 Å². The number of pyridine rings is 2. The molecule has 158 valence electrons. The second-order valence-corrected chi connectivity index (χ2v) is 9.14. The van der Waals surface area contributed by atoms with Crippen molar-refractivity contribution in [1.29, 1.82) is 0 Å². The molecule has 0 aliphatic heterocycles. The summed E-state index contributed by atoms with van der Waals surface area (Å²) >= 11 is 1.51. The lowest BCUT2D eigenvalue weighted by atomic mass is 10.2. The van der Waals surface area contributed by atoms with E-state index in [9.17, 15) is 4.79 Å². The number of carbonyl (C=O) groups is 1. The highest BCUT2D eigenvalue weighted by atomic mass is 32.1. The van der Waals surface area contributed by atoms with Gasteiger partial charge in [-0.15, -0.1) is 11.3 Å². The van der Waals surface area contributed by atoms with Crippen LogP contribution >= 0.6 is 11.3 Å². The fraction of sp³-hybridized carbons (Fsp3) is 0.364. The van der Waals surface area contributed by atoms with Gasteiger partial charge in [0, 0.05) is 19.4 Å². The van der Waals surface area contributed by atoms with E-state index < -0.39 is 5.60 Å². The Labute approximate surface area is 181 Å². The van der Waals surface area contributed by atoms with Crippen LogP contribution in [0, 0.1) is 6.92 Å². The third-order valence-corrected chi connectivity index (χ3v) is 5.51. The van der Waals surface area contributed by atoms with E-state index in [1.54, 1.807) is 24.3 Å². The Balaban J connectivity index is 1.75. The molecule has 7 nitrogen and oxygen atoms in total. The standard InChI is InChI=1S/C22H27N5O2S/c1-14-10-11-23-19(12-14)26-18-9-7-8-16(25-18)17-13-24-20(30-17)15(2)27(6)21(28)29-22(3,4)5/h7-13,15H,1-6H3,(H,23,25,26)/t15-/m0/s1. The van der Waals surface area contributed by atoms with Crippen molar-refractivity contribution < 1.29 is 9.53 Å². The molecular formula is C22H27N5O2S. The molecule has 3 heterocycles. The van der Waals surface area contributed by atoms with E-state index in [-0.39, 0.29) is 12.1 Å². The van der Waals surface area contributed by atoms with Gasteiger partial charge in [0.25, 0.3) is 0 Å². The van der Waals surface area contributed by atoms with E-state index in [4.69, 9.17) is 4.74 Å². The molecule has 0 fully saturated rings. The van der Waals surface area contributed by atoms with Crippen molar-refractivity contribution in [3.05, 3.63) is 53.3 Å². The molecule has 0 spiro atoms. The Kier molecular flexibility index (Phi) is 6.36. The van der Waals surface area contributed by atoms with Crippen molar-refractivity contribution in [2.45, 2.75) is 46.3 Å². The molecule has 30 heavy (non-hydrogen) atoms. The van der Waals surface area contributed by atoms with Crippen LogP contribution in [0.4, 0.5) is 16.4 Å². The second-order valence-electron chi connectivity index (χ2n) is 8.08. The molecule has 3 rings (SSSR count). The summed E-state index contributed by atoms with van der Waals surface area (Å²) in [4.78, 5) is 28.3. The summed E-state index contributed by atoms with van der Waals surface area (Å²) < 4.78 is 5.45. The fourth-order valence-electron chi connectivity index (χ4n) is 2.63. The van der Waals surface area contributed by atoms with Crippen LogP contribution in [-0.4, -0.2) is 38.6 Å². The number of rotatable bonds is 5. The van der Waals surface area contributed by atoms with E-state index in [2.05, 4.69) is 20.3 Å². The van der Waals surface area contributed by atoms with Crippen molar-refractivity contribution >= 4 is 29.1 Å². The highest BCUT2D eigenvalue weighted by Crippen LogP contribution is 2.31. The minimum absolute atomic E-state index is 0.212. The number of ether oxygens (including phenoxy) is 1. The summed E-state index contributed by atoms with van der Waals surface area (Å²) in [5.74, 6) is 1.46. The number of hydrogen-bond donors (Lipinski definition) is 1. The van der Waals surface area contributed by atoms with Crippen LogP contribution in [0.3, 0.4) is 0 Å². The third kappa shape index (κ3) is 5.54. The average Bonchev–Trinajstić information content (AvgIpc) is 3.16. The maximum atomic E-state index is 12.3. The molecule has 3 aromatic heterocycles. The molecule has 0 aromatic carbocycles. The SMILES string of the molecule is Cc1ccnc(Nc2cccc(-c3cnc([C@H](C)N(C)C(=O)OC(C)(C)C)s3)n2)c1. The van der Waals surface area contributed by atoms with Crippen molar-refractivity contribution in [2.24, 2.45) is 0 Å². The molecule has 0 saturated carbocycles. The molecular weight excluding hydrogens is 398 g/mol. The van der Waals surface area contributed by atoms with Crippen LogP contribution in [0.1, 0.15) is 44.3 Å². The fourth-order valence-corrected chi connectivity index (χ4v) is 3.62. The Hall–Kier alpha value is -3.00. The number of amides is 1. The Morgan fingerprint density at radius 3 is 2.67 bits per heavy atom. The van der Waals surface area contributed by atoms with Crippen LogP contribution in [-0.2, 0) is 4.74 Å².